The van der Waals surface area contributed by atoms with E-state index in [9.17, 15) is 4.79 Å². The predicted molar refractivity (Wildman–Crippen MR) is 117 cm³/mol. The van der Waals surface area contributed by atoms with E-state index in [1.165, 1.54) is 5.56 Å². The zero-order valence-electron chi connectivity index (χ0n) is 15.6. The predicted octanol–water partition coefficient (Wildman–Crippen LogP) is 6.16. The summed E-state index contributed by atoms with van der Waals surface area (Å²) in [5.41, 5.74) is 4.87. The number of fused-ring (bicyclic) bond motifs is 3. The molecule has 0 saturated heterocycles. The molecule has 2 unspecified atom stereocenters. The van der Waals surface area contributed by atoms with Crippen molar-refractivity contribution in [1.29, 1.82) is 0 Å². The Hall–Kier alpha value is -2.62. The number of aryl methyl sites for hydroxylation is 1. The molecule has 29 heavy (non-hydrogen) atoms. The second-order valence-corrected chi connectivity index (χ2v) is 8.25. The molecule has 5 rings (SSSR count). The molecule has 3 nitrogen and oxygen atoms in total. The Kier molecular flexibility index (Phi) is 4.65. The molecular weight excluding hydrogens is 403 g/mol. The molecule has 0 spiro atoms. The van der Waals surface area contributed by atoms with Crippen LogP contribution in [-0.2, 0) is 6.42 Å². The van der Waals surface area contributed by atoms with E-state index in [2.05, 4.69) is 18.2 Å². The number of rotatable bonds is 2. The van der Waals surface area contributed by atoms with Crippen molar-refractivity contribution in [2.75, 3.05) is 0 Å². The molecule has 0 saturated carbocycles. The van der Waals surface area contributed by atoms with Gasteiger partial charge in [0.15, 0.2) is 0 Å². The van der Waals surface area contributed by atoms with Crippen LogP contribution in [0.4, 0.5) is 0 Å². The molecule has 0 fully saturated rings. The highest BCUT2D eigenvalue weighted by Crippen LogP contribution is 2.45. The third-order valence-electron chi connectivity index (χ3n) is 5.75. The van der Waals surface area contributed by atoms with E-state index in [1.54, 1.807) is 29.3 Å². The summed E-state index contributed by atoms with van der Waals surface area (Å²) in [7, 11) is 0. The van der Waals surface area contributed by atoms with Crippen molar-refractivity contribution in [2.24, 2.45) is 11.0 Å². The first-order valence-electron chi connectivity index (χ1n) is 9.64. The maximum Gasteiger partial charge on any atom is 0.274 e. The largest absolute Gasteiger partial charge is 0.274 e. The lowest BCUT2D eigenvalue weighted by molar-refractivity contribution is 0.0682. The summed E-state index contributed by atoms with van der Waals surface area (Å²) in [5, 5.41) is 7.73. The Morgan fingerprint density at radius 1 is 0.931 bits per heavy atom. The second kappa shape index (κ2) is 7.33. The summed E-state index contributed by atoms with van der Waals surface area (Å²) in [4.78, 5) is 13.4. The average Bonchev–Trinajstić information content (AvgIpc) is 3.14. The van der Waals surface area contributed by atoms with Crippen molar-refractivity contribution >= 4 is 34.8 Å². The Labute approximate surface area is 179 Å². The minimum Gasteiger partial charge on any atom is -0.267 e. The quantitative estimate of drug-likeness (QED) is 0.488. The highest BCUT2D eigenvalue weighted by Gasteiger charge is 2.44. The topological polar surface area (TPSA) is 32.7 Å². The number of hydrazone groups is 1. The van der Waals surface area contributed by atoms with Crippen molar-refractivity contribution in [1.82, 2.24) is 5.01 Å². The van der Waals surface area contributed by atoms with Crippen LogP contribution in [0.25, 0.3) is 0 Å². The van der Waals surface area contributed by atoms with Crippen molar-refractivity contribution in [3.05, 3.63) is 105 Å². The van der Waals surface area contributed by atoms with Gasteiger partial charge in [-0.05, 0) is 54.3 Å². The maximum absolute atomic E-state index is 13.4. The first kappa shape index (κ1) is 18.4. The zero-order valence-corrected chi connectivity index (χ0v) is 17.1. The van der Waals surface area contributed by atoms with Crippen LogP contribution in [0.1, 0.15) is 39.5 Å². The summed E-state index contributed by atoms with van der Waals surface area (Å²) in [6.45, 7) is 0. The van der Waals surface area contributed by atoms with Crippen molar-refractivity contribution < 1.29 is 4.79 Å². The lowest BCUT2D eigenvalue weighted by Crippen LogP contribution is -2.32. The zero-order chi connectivity index (χ0) is 20.0. The summed E-state index contributed by atoms with van der Waals surface area (Å²) < 4.78 is 0. The van der Waals surface area contributed by atoms with Crippen LogP contribution >= 0.6 is 23.2 Å². The molecule has 2 aliphatic rings. The van der Waals surface area contributed by atoms with E-state index in [-0.39, 0.29) is 17.9 Å². The van der Waals surface area contributed by atoms with Gasteiger partial charge in [0.25, 0.3) is 5.91 Å². The van der Waals surface area contributed by atoms with Crippen LogP contribution in [0.5, 0.6) is 0 Å². The highest BCUT2D eigenvalue weighted by molar-refractivity contribution is 6.31. The lowest BCUT2D eigenvalue weighted by Gasteiger charge is -2.30. The number of hydrogen-bond donors (Lipinski definition) is 0. The summed E-state index contributed by atoms with van der Waals surface area (Å²) >= 11 is 12.6. The smallest absolute Gasteiger partial charge is 0.267 e. The molecule has 0 N–H and O–H groups in total. The van der Waals surface area contributed by atoms with E-state index >= 15 is 0 Å². The molecule has 5 heteroatoms. The molecule has 1 aliphatic carbocycles. The molecule has 0 aromatic heterocycles. The van der Waals surface area contributed by atoms with E-state index < -0.39 is 0 Å². The van der Waals surface area contributed by atoms with Gasteiger partial charge in [-0.3, -0.25) is 4.79 Å². The van der Waals surface area contributed by atoms with Crippen molar-refractivity contribution in [3.8, 4) is 0 Å². The van der Waals surface area contributed by atoms with E-state index in [0.29, 0.717) is 15.6 Å². The van der Waals surface area contributed by atoms with Gasteiger partial charge in [0.2, 0.25) is 0 Å². The number of carbonyl (C=O) groups excluding carboxylic acids is 1. The average molecular weight is 421 g/mol. The van der Waals surface area contributed by atoms with E-state index in [4.69, 9.17) is 28.3 Å². The first-order valence-corrected chi connectivity index (χ1v) is 10.4. The van der Waals surface area contributed by atoms with Gasteiger partial charge in [-0.1, -0.05) is 65.7 Å². The molecule has 1 aliphatic heterocycles. The van der Waals surface area contributed by atoms with Gasteiger partial charge in [0, 0.05) is 27.1 Å². The van der Waals surface area contributed by atoms with Crippen molar-refractivity contribution in [3.63, 3.8) is 0 Å². The number of hydrogen-bond acceptors (Lipinski definition) is 2. The van der Waals surface area contributed by atoms with Gasteiger partial charge in [-0.25, -0.2) is 5.01 Å². The fourth-order valence-electron chi connectivity index (χ4n) is 4.38. The second-order valence-electron chi connectivity index (χ2n) is 7.41. The van der Waals surface area contributed by atoms with Gasteiger partial charge in [-0.2, -0.15) is 5.10 Å². The van der Waals surface area contributed by atoms with Gasteiger partial charge in [-0.15, -0.1) is 0 Å². The Morgan fingerprint density at radius 3 is 2.45 bits per heavy atom. The van der Waals surface area contributed by atoms with Gasteiger partial charge >= 0.3 is 0 Å². The number of halogens is 2. The van der Waals surface area contributed by atoms with Gasteiger partial charge in [0.1, 0.15) is 0 Å². The molecule has 1 amide bonds. The van der Waals surface area contributed by atoms with Gasteiger partial charge in [0.05, 0.1) is 11.8 Å². The Bertz CT molecular complexity index is 1120. The number of nitrogens with zero attached hydrogens (tertiary/aromatic N) is 2. The molecule has 1 heterocycles. The fraction of sp³-hybridized carbons (Fsp3) is 0.167. The fourth-order valence-corrected chi connectivity index (χ4v) is 4.75. The van der Waals surface area contributed by atoms with Crippen LogP contribution in [-0.4, -0.2) is 16.6 Å². The normalized spacial score (nSPS) is 20.1. The SMILES string of the molecule is O=C(c1ccc(Cl)cc1)N1N=C2c3ccccc3CCC2C1c1ccccc1Cl. The molecular formula is C24H18Cl2N2O. The van der Waals surface area contributed by atoms with Crippen molar-refractivity contribution in [2.45, 2.75) is 18.9 Å². The third kappa shape index (κ3) is 3.15. The van der Waals surface area contributed by atoms with Crippen LogP contribution in [0.3, 0.4) is 0 Å². The summed E-state index contributed by atoms with van der Waals surface area (Å²) in [5.74, 6) is -0.0352. The van der Waals surface area contributed by atoms with Crippen LogP contribution in [0, 0.1) is 5.92 Å². The number of carbonyl (C=O) groups is 1. The van der Waals surface area contributed by atoms with E-state index in [0.717, 1.165) is 29.7 Å². The molecule has 0 bridgehead atoms. The molecule has 3 aromatic carbocycles. The van der Waals surface area contributed by atoms with E-state index in [1.807, 2.05) is 30.3 Å². The molecule has 0 radical (unpaired) electrons. The van der Waals surface area contributed by atoms with Crippen LogP contribution in [0.15, 0.2) is 77.9 Å². The lowest BCUT2D eigenvalue weighted by atomic mass is 9.77. The van der Waals surface area contributed by atoms with Gasteiger partial charge < -0.3 is 0 Å². The van der Waals surface area contributed by atoms with Crippen LogP contribution in [0.2, 0.25) is 10.0 Å². The monoisotopic (exact) mass is 420 g/mol. The summed E-state index contributed by atoms with van der Waals surface area (Å²) in [6.07, 6.45) is 1.89. The summed E-state index contributed by atoms with van der Waals surface area (Å²) in [6, 6.07) is 22.8. The minimum atomic E-state index is -0.227. The number of amides is 1. The Morgan fingerprint density at radius 2 is 1.66 bits per heavy atom. The Balaban J connectivity index is 1.64. The number of benzene rings is 3. The molecule has 2 atom stereocenters. The highest BCUT2D eigenvalue weighted by atomic mass is 35.5. The standard InChI is InChI=1S/C24H18Cl2N2O/c25-17-12-9-16(10-13-17)24(29)28-23(19-7-3-4-8-21(19)26)20-14-11-15-5-1-2-6-18(15)22(20)27-28/h1-10,12-13,20,23H,11,14H2. The minimum absolute atomic E-state index is 0.112. The van der Waals surface area contributed by atoms with Crippen LogP contribution < -0.4 is 0 Å². The molecule has 3 aromatic rings. The third-order valence-corrected chi connectivity index (χ3v) is 6.35. The molecule has 144 valence electrons. The first-order chi connectivity index (χ1) is 14.1. The maximum atomic E-state index is 13.4.